The van der Waals surface area contributed by atoms with Crippen LogP contribution < -0.4 is 0 Å². The highest BCUT2D eigenvalue weighted by Gasteiger charge is 2.33. The van der Waals surface area contributed by atoms with E-state index >= 15 is 0 Å². The van der Waals surface area contributed by atoms with Crippen LogP contribution in [0.15, 0.2) is 70.7 Å². The summed E-state index contributed by atoms with van der Waals surface area (Å²) in [5, 5.41) is 0.734. The van der Waals surface area contributed by atoms with E-state index in [1.165, 1.54) is 11.8 Å². The molecular formula is C24H24N4OS. The van der Waals surface area contributed by atoms with Crippen molar-refractivity contribution in [2.24, 2.45) is 4.99 Å². The molecule has 6 heteroatoms. The van der Waals surface area contributed by atoms with Gasteiger partial charge in [0.05, 0.1) is 10.6 Å². The Balaban J connectivity index is 1.71. The number of aromatic nitrogens is 2. The van der Waals surface area contributed by atoms with Crippen LogP contribution in [0.5, 0.6) is 0 Å². The molecule has 152 valence electrons. The number of benzene rings is 1. The molecular weight excluding hydrogens is 392 g/mol. The molecule has 1 aliphatic heterocycles. The van der Waals surface area contributed by atoms with Crippen molar-refractivity contribution in [3.63, 3.8) is 0 Å². The summed E-state index contributed by atoms with van der Waals surface area (Å²) < 4.78 is 2.11. The van der Waals surface area contributed by atoms with E-state index < -0.39 is 0 Å². The van der Waals surface area contributed by atoms with Crippen LogP contribution in [0.1, 0.15) is 30.3 Å². The lowest BCUT2D eigenvalue weighted by atomic mass is 10.2. The number of amidine groups is 1. The van der Waals surface area contributed by atoms with Gasteiger partial charge in [-0.25, -0.2) is 9.98 Å². The highest BCUT2D eigenvalue weighted by Crippen LogP contribution is 2.35. The molecule has 5 nitrogen and oxygen atoms in total. The molecule has 1 aromatic carbocycles. The maximum Gasteiger partial charge on any atom is 0.266 e. The monoisotopic (exact) mass is 416 g/mol. The van der Waals surface area contributed by atoms with Crippen LogP contribution in [-0.2, 0) is 4.79 Å². The minimum atomic E-state index is 0.0131. The Bertz CT molecular complexity index is 1120. The average molecular weight is 417 g/mol. The molecule has 0 saturated carbocycles. The Labute approximate surface area is 181 Å². The van der Waals surface area contributed by atoms with Gasteiger partial charge < -0.3 is 4.57 Å². The highest BCUT2D eigenvalue weighted by molar-refractivity contribution is 8.18. The molecule has 3 heterocycles. The van der Waals surface area contributed by atoms with Crippen LogP contribution in [-0.4, -0.2) is 32.1 Å². The molecule has 3 aromatic rings. The summed E-state index contributed by atoms with van der Waals surface area (Å²) in [5.41, 5.74) is 4.01. The zero-order valence-corrected chi connectivity index (χ0v) is 18.2. The lowest BCUT2D eigenvalue weighted by Gasteiger charge is -2.13. The third kappa shape index (κ3) is 3.96. The molecule has 0 bridgehead atoms. The summed E-state index contributed by atoms with van der Waals surface area (Å²) in [7, 11) is 0. The van der Waals surface area contributed by atoms with Crippen molar-refractivity contribution in [1.29, 1.82) is 0 Å². The molecule has 30 heavy (non-hydrogen) atoms. The van der Waals surface area contributed by atoms with Crippen molar-refractivity contribution in [3.8, 4) is 5.82 Å². The molecule has 2 aromatic heterocycles. The van der Waals surface area contributed by atoms with E-state index in [0.717, 1.165) is 40.0 Å². The molecule has 0 N–H and O–H groups in total. The molecule has 0 unspecified atom stereocenters. The van der Waals surface area contributed by atoms with E-state index in [1.807, 2.05) is 54.6 Å². The Hall–Kier alpha value is -3.12. The lowest BCUT2D eigenvalue weighted by Crippen LogP contribution is -2.29. The number of hydrogen-bond donors (Lipinski definition) is 0. The minimum absolute atomic E-state index is 0.0131. The predicted octanol–water partition coefficient (Wildman–Crippen LogP) is 5.50. The molecule has 1 saturated heterocycles. The first-order valence-electron chi connectivity index (χ1n) is 10.0. The van der Waals surface area contributed by atoms with Gasteiger partial charge >= 0.3 is 0 Å². The Morgan fingerprint density at radius 3 is 2.57 bits per heavy atom. The van der Waals surface area contributed by atoms with Crippen LogP contribution in [0.4, 0.5) is 5.69 Å². The van der Waals surface area contributed by atoms with Crippen LogP contribution in [0.2, 0.25) is 0 Å². The number of carbonyl (C=O) groups is 1. The summed E-state index contributed by atoms with van der Waals surface area (Å²) in [6.45, 7) is 6.84. The molecule has 0 atom stereocenters. The summed E-state index contributed by atoms with van der Waals surface area (Å²) in [6, 6.07) is 17.7. The van der Waals surface area contributed by atoms with Gasteiger partial charge in [-0.3, -0.25) is 9.69 Å². The van der Waals surface area contributed by atoms with Gasteiger partial charge in [0.1, 0.15) is 5.82 Å². The van der Waals surface area contributed by atoms with Gasteiger partial charge in [-0.15, -0.1) is 0 Å². The Kier molecular flexibility index (Phi) is 5.86. The van der Waals surface area contributed by atoms with Crippen molar-refractivity contribution in [3.05, 3.63) is 82.7 Å². The molecule has 0 aliphatic carbocycles. The fourth-order valence-electron chi connectivity index (χ4n) is 3.54. The van der Waals surface area contributed by atoms with Gasteiger partial charge in [-0.2, -0.15) is 0 Å². The number of carbonyl (C=O) groups excluding carboxylic acids is 1. The number of rotatable bonds is 5. The maximum absolute atomic E-state index is 13.1. The van der Waals surface area contributed by atoms with Crippen molar-refractivity contribution in [1.82, 2.24) is 14.5 Å². The minimum Gasteiger partial charge on any atom is -0.303 e. The Morgan fingerprint density at radius 2 is 1.87 bits per heavy atom. The number of hydrogen-bond acceptors (Lipinski definition) is 4. The smallest absolute Gasteiger partial charge is 0.266 e. The third-order valence-electron chi connectivity index (χ3n) is 4.95. The van der Waals surface area contributed by atoms with Gasteiger partial charge in [-0.05, 0) is 74.0 Å². The quantitative estimate of drug-likeness (QED) is 0.516. The second kappa shape index (κ2) is 8.71. The second-order valence-corrected chi connectivity index (χ2v) is 8.16. The second-order valence-electron chi connectivity index (χ2n) is 7.15. The average Bonchev–Trinajstić information content (AvgIpc) is 3.20. The van der Waals surface area contributed by atoms with Crippen molar-refractivity contribution < 1.29 is 4.79 Å². The molecule has 1 fully saturated rings. The predicted molar refractivity (Wildman–Crippen MR) is 124 cm³/mol. The normalized spacial score (nSPS) is 16.8. The van der Waals surface area contributed by atoms with Crippen LogP contribution >= 0.6 is 11.8 Å². The summed E-state index contributed by atoms with van der Waals surface area (Å²) >= 11 is 1.44. The van der Waals surface area contributed by atoms with Gasteiger partial charge in [-0.1, -0.05) is 31.2 Å². The van der Waals surface area contributed by atoms with Crippen LogP contribution in [0.3, 0.4) is 0 Å². The van der Waals surface area contributed by atoms with E-state index in [0.29, 0.717) is 11.4 Å². The maximum atomic E-state index is 13.1. The van der Waals surface area contributed by atoms with Crippen molar-refractivity contribution in [2.75, 3.05) is 6.54 Å². The van der Waals surface area contributed by atoms with Gasteiger partial charge in [0.2, 0.25) is 0 Å². The number of aryl methyl sites for hydroxylation is 1. The lowest BCUT2D eigenvalue weighted by molar-refractivity contribution is -0.122. The standard InChI is InChI=1S/C24H24N4OS/c1-4-14-27-23(29)21(30-24(27)26-20-10-6-5-7-11-20)16-19-15-17(2)28(18(19)3)22-12-8-9-13-25-22/h5-13,15-16H,4,14H2,1-3H3/b21-16-,26-24?. The van der Waals surface area contributed by atoms with Gasteiger partial charge in [0.25, 0.3) is 5.91 Å². The number of amides is 1. The zero-order chi connectivity index (χ0) is 21.1. The molecule has 1 amide bonds. The number of thioether (sulfide) groups is 1. The first-order chi connectivity index (χ1) is 14.6. The van der Waals surface area contributed by atoms with Crippen LogP contribution in [0.25, 0.3) is 11.9 Å². The van der Waals surface area contributed by atoms with E-state index in [9.17, 15) is 4.79 Å². The van der Waals surface area contributed by atoms with Crippen LogP contribution in [0, 0.1) is 13.8 Å². The van der Waals surface area contributed by atoms with Crippen molar-refractivity contribution in [2.45, 2.75) is 27.2 Å². The fourth-order valence-corrected chi connectivity index (χ4v) is 4.55. The highest BCUT2D eigenvalue weighted by atomic mass is 32.2. The molecule has 1 aliphatic rings. The summed E-state index contributed by atoms with van der Waals surface area (Å²) in [4.78, 5) is 24.8. The first kappa shape index (κ1) is 20.2. The first-order valence-corrected chi connectivity index (χ1v) is 10.9. The largest absolute Gasteiger partial charge is 0.303 e. The number of nitrogens with zero attached hydrogens (tertiary/aromatic N) is 4. The number of pyridine rings is 1. The summed E-state index contributed by atoms with van der Waals surface area (Å²) in [6.07, 6.45) is 4.64. The SMILES string of the molecule is CCCN1C(=O)/C(=C/c2cc(C)n(-c3ccccn3)c2C)SC1=Nc1ccccc1. The molecule has 4 rings (SSSR count). The number of para-hydroxylation sites is 1. The van der Waals surface area contributed by atoms with E-state index in [4.69, 9.17) is 4.99 Å². The number of aliphatic imine (C=N–C) groups is 1. The molecule has 0 radical (unpaired) electrons. The van der Waals surface area contributed by atoms with E-state index in [1.54, 1.807) is 11.1 Å². The Morgan fingerprint density at radius 1 is 1.10 bits per heavy atom. The third-order valence-corrected chi connectivity index (χ3v) is 5.96. The van der Waals surface area contributed by atoms with E-state index in [2.05, 4.69) is 36.4 Å². The van der Waals surface area contributed by atoms with Crippen molar-refractivity contribution >= 4 is 34.6 Å². The zero-order valence-electron chi connectivity index (χ0n) is 17.4. The van der Waals surface area contributed by atoms with Gasteiger partial charge in [0, 0.05) is 24.1 Å². The van der Waals surface area contributed by atoms with E-state index in [-0.39, 0.29) is 5.91 Å². The topological polar surface area (TPSA) is 50.5 Å². The fraction of sp³-hybridized carbons (Fsp3) is 0.208. The molecule has 0 spiro atoms. The summed E-state index contributed by atoms with van der Waals surface area (Å²) in [5.74, 6) is 0.890. The van der Waals surface area contributed by atoms with Gasteiger partial charge in [0.15, 0.2) is 5.17 Å².